The molecule has 10 heteroatoms. The van der Waals surface area contributed by atoms with Gasteiger partial charge in [0.1, 0.15) is 18.2 Å². The predicted molar refractivity (Wildman–Crippen MR) is 144 cm³/mol. The highest BCUT2D eigenvalue weighted by molar-refractivity contribution is 7.89. The molecule has 36 heavy (non-hydrogen) atoms. The van der Waals surface area contributed by atoms with Gasteiger partial charge in [-0.2, -0.15) is 0 Å². The average molecular weight is 550 g/mol. The topological polar surface area (TPSA) is 85.6 Å². The number of aryl methyl sites for hydroxylation is 2. The molecule has 2 aromatic carbocycles. The summed E-state index contributed by atoms with van der Waals surface area (Å²) in [5, 5.41) is 0.749. The third kappa shape index (κ3) is 5.05. The van der Waals surface area contributed by atoms with Gasteiger partial charge in [-0.1, -0.05) is 36.2 Å². The predicted octanol–water partition coefficient (Wildman–Crippen LogP) is 4.63. The zero-order valence-corrected chi connectivity index (χ0v) is 22.7. The third-order valence-corrected chi connectivity index (χ3v) is 8.65. The molecular formula is C26H30Cl2N4O3S. The Morgan fingerprint density at radius 3 is 2.56 bits per heavy atom. The van der Waals surface area contributed by atoms with Crippen LogP contribution >= 0.6 is 24.0 Å². The summed E-state index contributed by atoms with van der Waals surface area (Å²) in [6, 6.07) is 14.3. The largest absolute Gasteiger partial charge is 0.492 e. The molecule has 0 amide bonds. The van der Waals surface area contributed by atoms with Gasteiger partial charge in [0.15, 0.2) is 5.03 Å². The number of benzene rings is 2. The Morgan fingerprint density at radius 2 is 1.92 bits per heavy atom. The fourth-order valence-corrected chi connectivity index (χ4v) is 6.08. The van der Waals surface area contributed by atoms with Crippen molar-refractivity contribution in [2.24, 2.45) is 12.0 Å². The quantitative estimate of drug-likeness (QED) is 0.416. The number of sulfonamides is 1. The summed E-state index contributed by atoms with van der Waals surface area (Å²) < 4.78 is 35.1. The van der Waals surface area contributed by atoms with Crippen LogP contribution in [0.4, 0.5) is 0 Å². The molecule has 2 aliphatic rings. The van der Waals surface area contributed by atoms with Gasteiger partial charge in [0.2, 0.25) is 0 Å². The van der Waals surface area contributed by atoms with E-state index in [2.05, 4.69) is 34.0 Å². The summed E-state index contributed by atoms with van der Waals surface area (Å²) in [6.07, 6.45) is 5.70. The number of halogens is 2. The molecule has 5 rings (SSSR count). The van der Waals surface area contributed by atoms with Crippen LogP contribution in [0.1, 0.15) is 41.8 Å². The summed E-state index contributed by atoms with van der Waals surface area (Å²) in [4.78, 5) is 9.10. The number of nitrogens with zero attached hydrogens (tertiary/aromatic N) is 3. The first-order valence-electron chi connectivity index (χ1n) is 11.9. The molecule has 7 nitrogen and oxygen atoms in total. The summed E-state index contributed by atoms with van der Waals surface area (Å²) >= 11 is 6.15. The average Bonchev–Trinajstić information content (AvgIpc) is 3.16. The van der Waals surface area contributed by atoms with Gasteiger partial charge in [0, 0.05) is 42.3 Å². The highest BCUT2D eigenvalue weighted by Gasteiger charge is 2.45. The molecule has 1 aliphatic heterocycles. The smallest absolute Gasteiger partial charge is 0.259 e. The van der Waals surface area contributed by atoms with Gasteiger partial charge >= 0.3 is 0 Å². The number of fused-ring (bicyclic) bond motifs is 1. The van der Waals surface area contributed by atoms with Crippen LogP contribution in [0.5, 0.6) is 5.75 Å². The Balaban J connectivity index is 0.00000304. The number of aromatic nitrogens is 2. The lowest BCUT2D eigenvalue weighted by molar-refractivity contribution is 0.322. The number of aliphatic imine (C=N–C) groups is 1. The molecule has 2 heterocycles. The van der Waals surface area contributed by atoms with E-state index in [1.165, 1.54) is 23.7 Å². The van der Waals surface area contributed by atoms with E-state index in [0.717, 1.165) is 42.1 Å². The molecular weight excluding hydrogens is 519 g/mol. The lowest BCUT2D eigenvalue weighted by Gasteiger charge is -2.45. The fourth-order valence-electron chi connectivity index (χ4n) is 4.90. The van der Waals surface area contributed by atoms with Crippen molar-refractivity contribution < 1.29 is 13.2 Å². The van der Waals surface area contributed by atoms with E-state index in [4.69, 9.17) is 21.3 Å². The number of imidazole rings is 1. The molecule has 1 saturated carbocycles. The van der Waals surface area contributed by atoms with Gasteiger partial charge in [0.05, 0.1) is 5.71 Å². The second-order valence-electron chi connectivity index (χ2n) is 9.23. The Bertz CT molecular complexity index is 1360. The molecule has 0 unspecified atom stereocenters. The number of nitrogens with one attached hydrogen (secondary N) is 1. The molecule has 1 fully saturated rings. The van der Waals surface area contributed by atoms with Crippen molar-refractivity contribution in [3.8, 4) is 5.75 Å². The molecule has 0 atom stereocenters. The maximum Gasteiger partial charge on any atom is 0.259 e. The third-order valence-electron chi connectivity index (χ3n) is 7.07. The SMILES string of the molecule is Cc1nc(S(=O)(=O)NCCOc2ccc3c(c2)C(C2(c4ccc(Cl)cc4)CCC2)=NCC3)cn1C.Cl. The monoisotopic (exact) mass is 548 g/mol. The van der Waals surface area contributed by atoms with Crippen molar-refractivity contribution in [2.75, 3.05) is 19.7 Å². The van der Waals surface area contributed by atoms with Crippen LogP contribution in [0.2, 0.25) is 5.02 Å². The van der Waals surface area contributed by atoms with Crippen LogP contribution in [0.15, 0.2) is 58.7 Å². The zero-order valence-electron chi connectivity index (χ0n) is 20.3. The van der Waals surface area contributed by atoms with Crippen molar-refractivity contribution in [3.05, 3.63) is 76.2 Å². The van der Waals surface area contributed by atoms with Crippen molar-refractivity contribution in [2.45, 2.75) is 43.0 Å². The minimum Gasteiger partial charge on any atom is -0.492 e. The number of hydrogen-bond acceptors (Lipinski definition) is 5. The van der Waals surface area contributed by atoms with E-state index >= 15 is 0 Å². The Morgan fingerprint density at radius 1 is 1.17 bits per heavy atom. The Kier molecular flexibility index (Phi) is 7.80. The minimum absolute atomic E-state index is 0. The van der Waals surface area contributed by atoms with Gasteiger partial charge < -0.3 is 9.30 Å². The summed E-state index contributed by atoms with van der Waals surface area (Å²) in [6.45, 7) is 2.90. The summed E-state index contributed by atoms with van der Waals surface area (Å²) in [5.41, 5.74) is 4.70. The first-order valence-corrected chi connectivity index (χ1v) is 13.7. The molecule has 0 spiro atoms. The van der Waals surface area contributed by atoms with Gasteiger partial charge in [-0.25, -0.2) is 18.1 Å². The van der Waals surface area contributed by atoms with Crippen molar-refractivity contribution >= 4 is 39.7 Å². The van der Waals surface area contributed by atoms with Crippen LogP contribution < -0.4 is 9.46 Å². The molecule has 0 radical (unpaired) electrons. The molecule has 0 saturated heterocycles. The van der Waals surface area contributed by atoms with E-state index in [0.29, 0.717) is 11.6 Å². The maximum atomic E-state index is 12.5. The standard InChI is InChI=1S/C26H29ClN4O3S.ClH/c1-18-30-24(17-31(18)2)35(32,33)29-14-15-34-22-9-4-19-10-13-28-25(23(19)16-22)26(11-3-12-26)20-5-7-21(27)8-6-20;/h4-9,16-17,29H,3,10-15H2,1-2H3;1H. The fraction of sp³-hybridized carbons (Fsp3) is 0.385. The number of rotatable bonds is 8. The van der Waals surface area contributed by atoms with Crippen LogP contribution in [-0.4, -0.2) is 43.4 Å². The first kappa shape index (κ1) is 26.7. The molecule has 1 N–H and O–H groups in total. The van der Waals surface area contributed by atoms with Gasteiger partial charge in [-0.15, -0.1) is 12.4 Å². The minimum atomic E-state index is -3.68. The second kappa shape index (κ2) is 10.5. The molecule has 1 aromatic heterocycles. The van der Waals surface area contributed by atoms with Crippen molar-refractivity contribution in [3.63, 3.8) is 0 Å². The van der Waals surface area contributed by atoms with Crippen LogP contribution in [0, 0.1) is 6.92 Å². The highest BCUT2D eigenvalue weighted by atomic mass is 35.5. The van der Waals surface area contributed by atoms with E-state index in [9.17, 15) is 8.42 Å². The Hall–Kier alpha value is -2.39. The Labute approximate surface area is 223 Å². The number of ether oxygens (including phenoxy) is 1. The molecule has 0 bridgehead atoms. The van der Waals surface area contributed by atoms with Crippen LogP contribution in [0.3, 0.4) is 0 Å². The normalized spacial score (nSPS) is 16.4. The molecule has 192 valence electrons. The van der Waals surface area contributed by atoms with Crippen molar-refractivity contribution in [1.82, 2.24) is 14.3 Å². The highest BCUT2D eigenvalue weighted by Crippen LogP contribution is 2.48. The molecule has 3 aromatic rings. The van der Waals surface area contributed by atoms with E-state index in [1.807, 2.05) is 18.2 Å². The maximum absolute atomic E-state index is 12.5. The first-order chi connectivity index (χ1) is 16.8. The van der Waals surface area contributed by atoms with Crippen molar-refractivity contribution in [1.29, 1.82) is 0 Å². The van der Waals surface area contributed by atoms with E-state index in [1.54, 1.807) is 18.5 Å². The summed E-state index contributed by atoms with van der Waals surface area (Å²) in [7, 11) is -1.92. The number of hydrogen-bond donors (Lipinski definition) is 1. The van der Waals surface area contributed by atoms with Crippen LogP contribution in [0.25, 0.3) is 0 Å². The summed E-state index contributed by atoms with van der Waals surface area (Å²) in [5.74, 6) is 1.34. The van der Waals surface area contributed by atoms with Gasteiger partial charge in [-0.05, 0) is 61.6 Å². The van der Waals surface area contributed by atoms with Gasteiger partial charge in [-0.3, -0.25) is 4.99 Å². The van der Waals surface area contributed by atoms with Crippen LogP contribution in [-0.2, 0) is 28.9 Å². The van der Waals surface area contributed by atoms with E-state index < -0.39 is 10.0 Å². The zero-order chi connectivity index (χ0) is 24.6. The second-order valence-corrected chi connectivity index (χ2v) is 11.4. The van der Waals surface area contributed by atoms with Gasteiger partial charge in [0.25, 0.3) is 10.0 Å². The molecule has 1 aliphatic carbocycles. The van der Waals surface area contributed by atoms with E-state index in [-0.39, 0.29) is 36.0 Å². The lowest BCUT2D eigenvalue weighted by atomic mass is 9.59. The lowest BCUT2D eigenvalue weighted by Crippen LogP contribution is -2.44.